The summed E-state index contributed by atoms with van der Waals surface area (Å²) in [6, 6.07) is 6.15. The Morgan fingerprint density at radius 3 is 2.65 bits per heavy atom. The van der Waals surface area contributed by atoms with Crippen molar-refractivity contribution in [3.05, 3.63) is 35.6 Å². The molecular formula is C13H18FNO2. The van der Waals surface area contributed by atoms with Crippen molar-refractivity contribution in [3.63, 3.8) is 0 Å². The van der Waals surface area contributed by atoms with Gasteiger partial charge in [-0.25, -0.2) is 4.39 Å². The summed E-state index contributed by atoms with van der Waals surface area (Å²) in [6.07, 6.45) is 0. The molecule has 1 N–H and O–H groups in total. The summed E-state index contributed by atoms with van der Waals surface area (Å²) >= 11 is 0. The average molecular weight is 239 g/mol. The largest absolute Gasteiger partial charge is 0.391 e. The number of benzene rings is 1. The van der Waals surface area contributed by atoms with Crippen LogP contribution in [0.2, 0.25) is 0 Å². The molecular weight excluding hydrogens is 221 g/mol. The van der Waals surface area contributed by atoms with E-state index in [-0.39, 0.29) is 24.4 Å². The van der Waals surface area contributed by atoms with Gasteiger partial charge in [-0.1, -0.05) is 38.1 Å². The van der Waals surface area contributed by atoms with E-state index in [4.69, 9.17) is 9.94 Å². The molecule has 0 aliphatic carbocycles. The van der Waals surface area contributed by atoms with Crippen molar-refractivity contribution < 1.29 is 14.3 Å². The van der Waals surface area contributed by atoms with Crippen LogP contribution in [0, 0.1) is 11.2 Å². The van der Waals surface area contributed by atoms with Crippen molar-refractivity contribution in [2.24, 2.45) is 10.6 Å². The highest BCUT2D eigenvalue weighted by Gasteiger charge is 2.18. The normalized spacial score (nSPS) is 12.6. The quantitative estimate of drug-likeness (QED) is 0.648. The zero-order valence-corrected chi connectivity index (χ0v) is 10.4. The predicted molar refractivity (Wildman–Crippen MR) is 65.2 cm³/mol. The van der Waals surface area contributed by atoms with E-state index in [1.54, 1.807) is 12.1 Å². The maximum atomic E-state index is 12.9. The Morgan fingerprint density at radius 1 is 1.41 bits per heavy atom. The Morgan fingerprint density at radius 2 is 2.12 bits per heavy atom. The van der Waals surface area contributed by atoms with Crippen LogP contribution in [0.5, 0.6) is 0 Å². The van der Waals surface area contributed by atoms with E-state index in [9.17, 15) is 4.39 Å². The topological polar surface area (TPSA) is 41.8 Å². The molecule has 0 saturated heterocycles. The zero-order valence-electron chi connectivity index (χ0n) is 10.4. The van der Waals surface area contributed by atoms with Gasteiger partial charge in [0.1, 0.15) is 12.4 Å². The second kappa shape index (κ2) is 5.77. The fourth-order valence-electron chi connectivity index (χ4n) is 1.21. The number of aliphatic hydroxyl groups is 1. The Hall–Kier alpha value is -1.42. The lowest BCUT2D eigenvalue weighted by molar-refractivity contribution is 0.124. The van der Waals surface area contributed by atoms with Gasteiger partial charge in [0.2, 0.25) is 0 Å². The molecule has 4 heteroatoms. The number of nitrogens with zero attached hydrogens (tertiary/aromatic N) is 1. The van der Waals surface area contributed by atoms with Gasteiger partial charge in [-0.3, -0.25) is 0 Å². The molecule has 0 aliphatic heterocycles. The third kappa shape index (κ3) is 4.53. The summed E-state index contributed by atoms with van der Waals surface area (Å²) < 4.78 is 12.9. The molecule has 0 saturated carbocycles. The molecule has 0 unspecified atom stereocenters. The number of oxime groups is 1. The smallest absolute Gasteiger partial charge is 0.142 e. The van der Waals surface area contributed by atoms with E-state index in [0.29, 0.717) is 11.3 Å². The Bertz CT molecular complexity index is 397. The minimum atomic E-state index is -0.298. The van der Waals surface area contributed by atoms with Crippen molar-refractivity contribution in [1.29, 1.82) is 0 Å². The minimum Gasteiger partial charge on any atom is -0.391 e. The summed E-state index contributed by atoms with van der Waals surface area (Å²) in [4.78, 5) is 5.12. The summed E-state index contributed by atoms with van der Waals surface area (Å²) in [5.74, 6) is -0.298. The van der Waals surface area contributed by atoms with Crippen LogP contribution in [-0.4, -0.2) is 17.4 Å². The number of halogens is 1. The van der Waals surface area contributed by atoms with Crippen LogP contribution in [0.3, 0.4) is 0 Å². The molecule has 0 amide bonds. The van der Waals surface area contributed by atoms with Gasteiger partial charge in [0.15, 0.2) is 0 Å². The van der Waals surface area contributed by atoms with Crippen molar-refractivity contribution >= 4 is 5.71 Å². The number of rotatable bonds is 4. The van der Waals surface area contributed by atoms with Crippen LogP contribution in [0.4, 0.5) is 4.39 Å². The van der Waals surface area contributed by atoms with Crippen molar-refractivity contribution in [3.8, 4) is 0 Å². The van der Waals surface area contributed by atoms with Crippen LogP contribution in [0.25, 0.3) is 0 Å². The van der Waals surface area contributed by atoms with Crippen molar-refractivity contribution in [2.45, 2.75) is 27.4 Å². The van der Waals surface area contributed by atoms with Gasteiger partial charge in [-0.15, -0.1) is 0 Å². The van der Waals surface area contributed by atoms with E-state index in [1.165, 1.54) is 12.1 Å². The first-order valence-corrected chi connectivity index (χ1v) is 5.48. The molecule has 0 radical (unpaired) electrons. The fourth-order valence-corrected chi connectivity index (χ4v) is 1.21. The highest BCUT2D eigenvalue weighted by atomic mass is 19.1. The van der Waals surface area contributed by atoms with Gasteiger partial charge in [0, 0.05) is 5.41 Å². The lowest BCUT2D eigenvalue weighted by atomic mass is 9.91. The van der Waals surface area contributed by atoms with Crippen LogP contribution in [-0.2, 0) is 11.4 Å². The molecule has 94 valence electrons. The number of hydrogen-bond acceptors (Lipinski definition) is 3. The first-order valence-electron chi connectivity index (χ1n) is 5.48. The number of aliphatic hydroxyl groups excluding tert-OH is 1. The Kier molecular flexibility index (Phi) is 4.63. The summed E-state index contributed by atoms with van der Waals surface area (Å²) in [6.45, 7) is 5.86. The van der Waals surface area contributed by atoms with E-state index >= 15 is 0 Å². The molecule has 1 rings (SSSR count). The maximum absolute atomic E-state index is 12.9. The second-order valence-electron chi connectivity index (χ2n) is 4.85. The van der Waals surface area contributed by atoms with Gasteiger partial charge in [-0.2, -0.15) is 0 Å². The first kappa shape index (κ1) is 13.6. The summed E-state index contributed by atoms with van der Waals surface area (Å²) in [5.41, 5.74) is 1.03. The van der Waals surface area contributed by atoms with Crippen LogP contribution >= 0.6 is 0 Å². The molecule has 0 heterocycles. The van der Waals surface area contributed by atoms with Crippen molar-refractivity contribution in [1.82, 2.24) is 0 Å². The Balaban J connectivity index is 2.59. The van der Waals surface area contributed by atoms with Gasteiger partial charge in [-0.05, 0) is 17.7 Å². The molecule has 0 bridgehead atoms. The standard InChI is InChI=1S/C13H18FNO2/c1-13(2,3)12(8-16)15-17-9-10-5-4-6-11(14)7-10/h4-7,16H,8-9H2,1-3H3/b15-12-. The van der Waals surface area contributed by atoms with Gasteiger partial charge >= 0.3 is 0 Å². The van der Waals surface area contributed by atoms with Gasteiger partial charge in [0.05, 0.1) is 12.3 Å². The highest BCUT2D eigenvalue weighted by Crippen LogP contribution is 2.16. The summed E-state index contributed by atoms with van der Waals surface area (Å²) in [7, 11) is 0. The van der Waals surface area contributed by atoms with Crippen LogP contribution < -0.4 is 0 Å². The van der Waals surface area contributed by atoms with Crippen molar-refractivity contribution in [2.75, 3.05) is 6.61 Å². The number of hydrogen-bond donors (Lipinski definition) is 1. The molecule has 17 heavy (non-hydrogen) atoms. The third-order valence-corrected chi connectivity index (χ3v) is 2.31. The second-order valence-corrected chi connectivity index (χ2v) is 4.85. The van der Waals surface area contributed by atoms with Gasteiger partial charge in [0.25, 0.3) is 0 Å². The molecule has 0 atom stereocenters. The van der Waals surface area contributed by atoms with E-state index in [2.05, 4.69) is 5.16 Å². The van der Waals surface area contributed by atoms with Crippen LogP contribution in [0.15, 0.2) is 29.4 Å². The molecule has 1 aromatic carbocycles. The predicted octanol–water partition coefficient (Wildman–Crippen LogP) is 2.74. The molecule has 1 aromatic rings. The van der Waals surface area contributed by atoms with Gasteiger partial charge < -0.3 is 9.94 Å². The molecule has 3 nitrogen and oxygen atoms in total. The Labute approximate surface area is 101 Å². The summed E-state index contributed by atoms with van der Waals surface area (Å²) in [5, 5.41) is 13.0. The lowest BCUT2D eigenvalue weighted by Crippen LogP contribution is -2.24. The molecule has 0 fully saturated rings. The average Bonchev–Trinajstić information content (AvgIpc) is 2.22. The van der Waals surface area contributed by atoms with E-state index < -0.39 is 0 Å². The fraction of sp³-hybridized carbons (Fsp3) is 0.462. The minimum absolute atomic E-state index is 0.146. The molecule has 0 spiro atoms. The van der Waals surface area contributed by atoms with E-state index in [1.807, 2.05) is 20.8 Å². The maximum Gasteiger partial charge on any atom is 0.142 e. The third-order valence-electron chi connectivity index (χ3n) is 2.31. The molecule has 0 aromatic heterocycles. The monoisotopic (exact) mass is 239 g/mol. The van der Waals surface area contributed by atoms with Crippen LogP contribution in [0.1, 0.15) is 26.3 Å². The molecule has 0 aliphatic rings. The highest BCUT2D eigenvalue weighted by molar-refractivity contribution is 5.89. The SMILES string of the molecule is CC(C)(C)/C(CO)=N\OCc1cccc(F)c1. The zero-order chi connectivity index (χ0) is 12.9. The lowest BCUT2D eigenvalue weighted by Gasteiger charge is -2.18. The van der Waals surface area contributed by atoms with E-state index in [0.717, 1.165) is 0 Å². The first-order chi connectivity index (χ1) is 7.93.